The lowest BCUT2D eigenvalue weighted by Crippen LogP contribution is -2.19. The molecule has 1 aromatic heterocycles. The van der Waals surface area contributed by atoms with Crippen LogP contribution in [0.3, 0.4) is 0 Å². The molecule has 3 rings (SSSR count). The topological polar surface area (TPSA) is 97.4 Å². The van der Waals surface area contributed by atoms with Crippen LogP contribution >= 0.6 is 22.9 Å². The number of benzene rings is 2. The molecule has 0 atom stereocenters. The van der Waals surface area contributed by atoms with Gasteiger partial charge < -0.3 is 20.1 Å². The van der Waals surface area contributed by atoms with E-state index in [1.807, 2.05) is 6.07 Å². The molecule has 3 aromatic rings. The number of hydrogen-bond acceptors (Lipinski definition) is 7. The Labute approximate surface area is 189 Å². The quantitative estimate of drug-likeness (QED) is 0.408. The minimum Gasteiger partial charge on any atom is -0.493 e. The third-order valence-corrected chi connectivity index (χ3v) is 5.19. The van der Waals surface area contributed by atoms with E-state index >= 15 is 0 Å². The zero-order valence-corrected chi connectivity index (χ0v) is 18.3. The van der Waals surface area contributed by atoms with Gasteiger partial charge in [-0.2, -0.15) is 13.2 Å². The summed E-state index contributed by atoms with van der Waals surface area (Å²) in [6.07, 6.45) is -4.64. The number of carbonyl (C=O) groups excluding carboxylic acids is 1. The van der Waals surface area contributed by atoms with Crippen molar-refractivity contribution in [1.29, 1.82) is 0 Å². The summed E-state index contributed by atoms with van der Waals surface area (Å²) in [6, 6.07) is 7.72. The number of ether oxygens (including phenoxy) is 2. The first-order valence-corrected chi connectivity index (χ1v) is 10.1. The zero-order chi connectivity index (χ0) is 23.3. The number of methoxy groups -OCH3 is 2. The van der Waals surface area contributed by atoms with Crippen molar-refractivity contribution in [3.05, 3.63) is 52.5 Å². The van der Waals surface area contributed by atoms with Crippen LogP contribution in [0.15, 0.2) is 36.4 Å². The molecule has 2 aromatic carbocycles. The number of hydrogen-bond donors (Lipinski definition) is 3. The van der Waals surface area contributed by atoms with Crippen molar-refractivity contribution in [2.75, 3.05) is 30.2 Å². The maximum atomic E-state index is 12.9. The van der Waals surface area contributed by atoms with Gasteiger partial charge in [0, 0.05) is 12.2 Å². The fourth-order valence-electron chi connectivity index (χ4n) is 2.59. The Morgan fingerprint density at radius 3 is 2.44 bits per heavy atom. The van der Waals surface area contributed by atoms with E-state index in [4.69, 9.17) is 21.1 Å². The van der Waals surface area contributed by atoms with Crippen LogP contribution in [-0.2, 0) is 12.7 Å². The van der Waals surface area contributed by atoms with Gasteiger partial charge in [0.05, 0.1) is 24.8 Å². The van der Waals surface area contributed by atoms with E-state index in [1.54, 1.807) is 19.2 Å². The molecule has 170 valence electrons. The van der Waals surface area contributed by atoms with E-state index in [0.29, 0.717) is 23.2 Å². The van der Waals surface area contributed by atoms with Crippen molar-refractivity contribution >= 4 is 44.9 Å². The number of amides is 2. The third kappa shape index (κ3) is 5.92. The Morgan fingerprint density at radius 2 is 1.75 bits per heavy atom. The minimum atomic E-state index is -4.64. The number of carbonyl (C=O) groups is 1. The van der Waals surface area contributed by atoms with Crippen LogP contribution in [0.25, 0.3) is 0 Å². The molecular weight excluding hydrogens is 471 g/mol. The largest absolute Gasteiger partial charge is 0.493 e. The first kappa shape index (κ1) is 23.4. The molecular formula is C19H17ClF3N5O3S. The monoisotopic (exact) mass is 487 g/mol. The molecule has 2 amide bonds. The first-order chi connectivity index (χ1) is 15.2. The van der Waals surface area contributed by atoms with Crippen molar-refractivity contribution in [3.63, 3.8) is 0 Å². The molecule has 0 bridgehead atoms. The molecule has 32 heavy (non-hydrogen) atoms. The second kappa shape index (κ2) is 9.92. The minimum absolute atomic E-state index is 0.0736. The number of alkyl halides is 3. The average molecular weight is 488 g/mol. The normalized spacial score (nSPS) is 11.1. The summed E-state index contributed by atoms with van der Waals surface area (Å²) in [5, 5.41) is 15.7. The predicted molar refractivity (Wildman–Crippen MR) is 116 cm³/mol. The summed E-state index contributed by atoms with van der Waals surface area (Å²) in [5.74, 6) is 1.19. The van der Waals surface area contributed by atoms with Gasteiger partial charge in [-0.1, -0.05) is 29.0 Å². The van der Waals surface area contributed by atoms with Crippen molar-refractivity contribution in [2.45, 2.75) is 12.7 Å². The molecule has 0 unspecified atom stereocenters. The van der Waals surface area contributed by atoms with Gasteiger partial charge in [-0.15, -0.1) is 10.2 Å². The van der Waals surface area contributed by atoms with Crippen molar-refractivity contribution < 1.29 is 27.4 Å². The summed E-state index contributed by atoms with van der Waals surface area (Å²) in [4.78, 5) is 12.1. The number of halogens is 4. The average Bonchev–Trinajstić information content (AvgIpc) is 3.19. The van der Waals surface area contributed by atoms with Crippen LogP contribution in [-0.4, -0.2) is 30.4 Å². The van der Waals surface area contributed by atoms with Gasteiger partial charge in [-0.25, -0.2) is 4.79 Å². The Kier molecular flexibility index (Phi) is 7.26. The summed E-state index contributed by atoms with van der Waals surface area (Å²) in [5.41, 5.74) is -0.224. The maximum absolute atomic E-state index is 12.9. The highest BCUT2D eigenvalue weighted by Gasteiger charge is 2.33. The Balaban J connectivity index is 1.58. The van der Waals surface area contributed by atoms with E-state index < -0.39 is 22.8 Å². The Bertz CT molecular complexity index is 1110. The van der Waals surface area contributed by atoms with Gasteiger partial charge in [0.2, 0.25) is 10.3 Å². The second-order valence-corrected chi connectivity index (χ2v) is 7.61. The molecule has 0 spiro atoms. The lowest BCUT2D eigenvalue weighted by atomic mass is 10.2. The van der Waals surface area contributed by atoms with Crippen molar-refractivity contribution in [2.24, 2.45) is 0 Å². The molecule has 0 saturated carbocycles. The van der Waals surface area contributed by atoms with E-state index in [1.165, 1.54) is 13.2 Å². The number of rotatable bonds is 7. The van der Waals surface area contributed by atoms with Gasteiger partial charge in [0.1, 0.15) is 0 Å². The zero-order valence-electron chi connectivity index (χ0n) is 16.7. The van der Waals surface area contributed by atoms with Crippen molar-refractivity contribution in [3.8, 4) is 11.5 Å². The molecule has 1 heterocycles. The van der Waals surface area contributed by atoms with Gasteiger partial charge >= 0.3 is 12.2 Å². The number of urea groups is 1. The third-order valence-electron chi connectivity index (χ3n) is 4.07. The Hall–Kier alpha value is -3.25. The van der Waals surface area contributed by atoms with Crippen LogP contribution in [0.1, 0.15) is 11.1 Å². The predicted octanol–water partition coefficient (Wildman–Crippen LogP) is 5.48. The molecule has 13 heteroatoms. The smallest absolute Gasteiger partial charge is 0.417 e. The van der Waals surface area contributed by atoms with Gasteiger partial charge in [-0.3, -0.25) is 5.32 Å². The highest BCUT2D eigenvalue weighted by molar-refractivity contribution is 7.19. The van der Waals surface area contributed by atoms with Crippen LogP contribution in [0.4, 0.5) is 33.9 Å². The lowest BCUT2D eigenvalue weighted by Gasteiger charge is -2.11. The van der Waals surface area contributed by atoms with E-state index in [9.17, 15) is 18.0 Å². The van der Waals surface area contributed by atoms with Crippen molar-refractivity contribution in [1.82, 2.24) is 10.2 Å². The van der Waals surface area contributed by atoms with Gasteiger partial charge in [0.15, 0.2) is 11.5 Å². The summed E-state index contributed by atoms with van der Waals surface area (Å²) in [6.45, 7) is 0.409. The number of anilines is 3. The summed E-state index contributed by atoms with van der Waals surface area (Å²) in [7, 11) is 3.08. The van der Waals surface area contributed by atoms with E-state index in [-0.39, 0.29) is 10.8 Å². The van der Waals surface area contributed by atoms with Gasteiger partial charge in [0.25, 0.3) is 0 Å². The molecule has 0 aliphatic heterocycles. The molecule has 8 nitrogen and oxygen atoms in total. The summed E-state index contributed by atoms with van der Waals surface area (Å²) >= 11 is 6.63. The highest BCUT2D eigenvalue weighted by atomic mass is 35.5. The molecule has 0 aliphatic carbocycles. The van der Waals surface area contributed by atoms with Crippen LogP contribution in [0.5, 0.6) is 11.5 Å². The van der Waals surface area contributed by atoms with Crippen LogP contribution < -0.4 is 25.4 Å². The molecule has 0 saturated heterocycles. The fraction of sp³-hybridized carbons (Fsp3) is 0.211. The number of aromatic nitrogens is 2. The molecule has 0 radical (unpaired) electrons. The second-order valence-electron chi connectivity index (χ2n) is 6.23. The summed E-state index contributed by atoms with van der Waals surface area (Å²) < 4.78 is 49.3. The van der Waals surface area contributed by atoms with Crippen LogP contribution in [0, 0.1) is 0 Å². The number of nitrogens with one attached hydrogen (secondary N) is 3. The van der Waals surface area contributed by atoms with E-state index in [0.717, 1.165) is 29.0 Å². The molecule has 3 N–H and O–H groups in total. The number of nitrogens with zero attached hydrogens (tertiary/aromatic N) is 2. The molecule has 0 fully saturated rings. The first-order valence-electron chi connectivity index (χ1n) is 8.92. The lowest BCUT2D eigenvalue weighted by molar-refractivity contribution is -0.137. The fourth-order valence-corrected chi connectivity index (χ4v) is 3.45. The van der Waals surface area contributed by atoms with Gasteiger partial charge in [-0.05, 0) is 35.9 Å². The van der Waals surface area contributed by atoms with Crippen LogP contribution in [0.2, 0.25) is 5.02 Å². The standard InChI is InChI=1S/C19H17ClF3N5O3S/c1-30-14-6-3-10(7-15(14)31-2)9-24-17-27-28-18(32-17)26-16(29)25-11-4-5-13(20)12(8-11)19(21,22)23/h3-8H,9H2,1-2H3,(H,24,27)(H2,25,26,28,29). The highest BCUT2D eigenvalue weighted by Crippen LogP contribution is 2.36. The molecule has 0 aliphatic rings. The SMILES string of the molecule is COc1ccc(CNc2nnc(NC(=O)Nc3ccc(Cl)c(C(F)(F)F)c3)s2)cc1OC. The Morgan fingerprint density at radius 1 is 1.03 bits per heavy atom. The maximum Gasteiger partial charge on any atom is 0.417 e. The van der Waals surface area contributed by atoms with E-state index in [2.05, 4.69) is 26.1 Å².